The van der Waals surface area contributed by atoms with Crippen LogP contribution in [-0.2, 0) is 0 Å². The molecule has 0 radical (unpaired) electrons. The highest BCUT2D eigenvalue weighted by molar-refractivity contribution is 5.60. The first-order chi connectivity index (χ1) is 10.6. The number of nitrogens with zero attached hydrogens (tertiary/aromatic N) is 1. The summed E-state index contributed by atoms with van der Waals surface area (Å²) in [7, 11) is 0. The summed E-state index contributed by atoms with van der Waals surface area (Å²) in [4.78, 5) is 11.3. The van der Waals surface area contributed by atoms with Crippen molar-refractivity contribution in [3.8, 4) is 22.8 Å². The molecule has 4 nitrogen and oxygen atoms in total. The topological polar surface area (TPSA) is 55.0 Å². The van der Waals surface area contributed by atoms with E-state index in [1.165, 1.54) is 12.1 Å². The average molecular weight is 296 g/mol. The summed E-state index contributed by atoms with van der Waals surface area (Å²) >= 11 is 0. The second-order valence-electron chi connectivity index (χ2n) is 4.85. The van der Waals surface area contributed by atoms with E-state index in [4.69, 9.17) is 4.74 Å². The molecule has 5 heteroatoms. The van der Waals surface area contributed by atoms with E-state index in [9.17, 15) is 9.18 Å². The minimum atomic E-state index is -0.304. The van der Waals surface area contributed by atoms with Crippen molar-refractivity contribution in [3.63, 3.8) is 0 Å². The van der Waals surface area contributed by atoms with Crippen LogP contribution in [0.1, 0.15) is 5.56 Å². The zero-order valence-electron chi connectivity index (χ0n) is 11.8. The summed E-state index contributed by atoms with van der Waals surface area (Å²) in [6.45, 7) is 1.73. The van der Waals surface area contributed by atoms with Gasteiger partial charge in [0.2, 0.25) is 0 Å². The van der Waals surface area contributed by atoms with Gasteiger partial charge in [0.05, 0.1) is 5.69 Å². The van der Waals surface area contributed by atoms with E-state index in [0.717, 1.165) is 5.56 Å². The number of nitrogens with one attached hydrogen (secondary N) is 1. The van der Waals surface area contributed by atoms with Gasteiger partial charge in [-0.05, 0) is 61.5 Å². The third-order valence-electron chi connectivity index (χ3n) is 3.19. The fourth-order valence-electron chi connectivity index (χ4n) is 1.98. The first-order valence-corrected chi connectivity index (χ1v) is 6.72. The van der Waals surface area contributed by atoms with Gasteiger partial charge < -0.3 is 4.74 Å². The molecule has 0 aliphatic carbocycles. The zero-order chi connectivity index (χ0) is 15.5. The molecule has 0 aliphatic rings. The van der Waals surface area contributed by atoms with Gasteiger partial charge in [0, 0.05) is 11.1 Å². The largest absolute Gasteiger partial charge is 0.457 e. The molecule has 0 bridgehead atoms. The Morgan fingerprint density at radius 3 is 2.18 bits per heavy atom. The van der Waals surface area contributed by atoms with E-state index in [1.54, 1.807) is 37.3 Å². The molecule has 0 aliphatic heterocycles. The second-order valence-corrected chi connectivity index (χ2v) is 4.85. The van der Waals surface area contributed by atoms with Gasteiger partial charge in [0.15, 0.2) is 0 Å². The normalized spacial score (nSPS) is 10.5. The van der Waals surface area contributed by atoms with Gasteiger partial charge in [-0.25, -0.2) is 9.49 Å². The molecule has 1 N–H and O–H groups in total. The number of aryl methyl sites for hydroxylation is 1. The molecule has 1 aromatic heterocycles. The van der Waals surface area contributed by atoms with Gasteiger partial charge in [0.1, 0.15) is 17.3 Å². The summed E-state index contributed by atoms with van der Waals surface area (Å²) in [6.07, 6.45) is 0. The van der Waals surface area contributed by atoms with Crippen molar-refractivity contribution in [2.24, 2.45) is 0 Å². The number of aromatic nitrogens is 2. The predicted octanol–water partition coefficient (Wildman–Crippen LogP) is 3.68. The third-order valence-corrected chi connectivity index (χ3v) is 3.19. The Hall–Kier alpha value is -2.95. The summed E-state index contributed by atoms with van der Waals surface area (Å²) in [5.74, 6) is 0.894. The minimum absolute atomic E-state index is 0.194. The van der Waals surface area contributed by atoms with Crippen molar-refractivity contribution in [3.05, 3.63) is 76.3 Å². The van der Waals surface area contributed by atoms with Crippen LogP contribution in [0.3, 0.4) is 0 Å². The molecule has 22 heavy (non-hydrogen) atoms. The monoisotopic (exact) mass is 296 g/mol. The maximum Gasteiger partial charge on any atom is 0.267 e. The number of hydrogen-bond acceptors (Lipinski definition) is 3. The Balaban J connectivity index is 1.81. The van der Waals surface area contributed by atoms with E-state index in [2.05, 4.69) is 10.2 Å². The fraction of sp³-hybridized carbons (Fsp3) is 0.0588. The van der Waals surface area contributed by atoms with Gasteiger partial charge in [-0.2, -0.15) is 5.10 Å². The Morgan fingerprint density at radius 1 is 1.00 bits per heavy atom. The van der Waals surface area contributed by atoms with Crippen molar-refractivity contribution in [2.75, 3.05) is 0 Å². The van der Waals surface area contributed by atoms with Crippen LogP contribution < -0.4 is 10.3 Å². The van der Waals surface area contributed by atoms with Crippen LogP contribution in [0.25, 0.3) is 11.3 Å². The molecule has 0 fully saturated rings. The quantitative estimate of drug-likeness (QED) is 0.802. The Morgan fingerprint density at radius 2 is 1.59 bits per heavy atom. The number of aromatic amines is 1. The number of H-pyrrole nitrogens is 1. The Kier molecular flexibility index (Phi) is 3.70. The van der Waals surface area contributed by atoms with Crippen LogP contribution >= 0.6 is 0 Å². The minimum Gasteiger partial charge on any atom is -0.457 e. The lowest BCUT2D eigenvalue weighted by Crippen LogP contribution is -2.11. The van der Waals surface area contributed by atoms with E-state index in [-0.39, 0.29) is 11.4 Å². The standard InChI is InChI=1S/C17H13FN2O2/c1-11-10-16(19-20-17(11)21)12-2-6-14(7-3-12)22-15-8-4-13(18)5-9-15/h2-10H,1H3,(H,20,21). The van der Waals surface area contributed by atoms with Crippen LogP contribution in [0.15, 0.2) is 59.4 Å². The number of ether oxygens (including phenoxy) is 1. The fourth-order valence-corrected chi connectivity index (χ4v) is 1.98. The number of benzene rings is 2. The van der Waals surface area contributed by atoms with E-state index in [0.29, 0.717) is 22.8 Å². The van der Waals surface area contributed by atoms with Crippen molar-refractivity contribution in [2.45, 2.75) is 6.92 Å². The number of rotatable bonds is 3. The van der Waals surface area contributed by atoms with Gasteiger partial charge in [-0.1, -0.05) is 0 Å². The summed E-state index contributed by atoms with van der Waals surface area (Å²) in [5.41, 5.74) is 1.97. The molecule has 1 heterocycles. The lowest BCUT2D eigenvalue weighted by molar-refractivity contribution is 0.480. The van der Waals surface area contributed by atoms with Gasteiger partial charge in [0.25, 0.3) is 5.56 Å². The van der Waals surface area contributed by atoms with E-state index < -0.39 is 0 Å². The van der Waals surface area contributed by atoms with E-state index >= 15 is 0 Å². The van der Waals surface area contributed by atoms with Crippen LogP contribution in [-0.4, -0.2) is 10.2 Å². The summed E-state index contributed by atoms with van der Waals surface area (Å²) in [5, 5.41) is 6.47. The molecule has 0 amide bonds. The molecule has 2 aromatic carbocycles. The van der Waals surface area contributed by atoms with Crippen LogP contribution in [0.5, 0.6) is 11.5 Å². The van der Waals surface area contributed by atoms with Gasteiger partial charge in [-0.15, -0.1) is 0 Å². The van der Waals surface area contributed by atoms with Crippen LogP contribution in [0, 0.1) is 12.7 Å². The molecule has 110 valence electrons. The Labute approximate surface area is 126 Å². The molecular weight excluding hydrogens is 283 g/mol. The molecule has 0 saturated heterocycles. The average Bonchev–Trinajstić information content (AvgIpc) is 2.53. The maximum atomic E-state index is 12.8. The lowest BCUT2D eigenvalue weighted by Gasteiger charge is -2.07. The number of hydrogen-bond donors (Lipinski definition) is 1. The summed E-state index contributed by atoms with van der Waals surface area (Å²) < 4.78 is 18.5. The maximum absolute atomic E-state index is 12.8. The molecule has 0 saturated carbocycles. The first-order valence-electron chi connectivity index (χ1n) is 6.72. The van der Waals surface area contributed by atoms with Gasteiger partial charge in [-0.3, -0.25) is 4.79 Å². The van der Waals surface area contributed by atoms with Gasteiger partial charge >= 0.3 is 0 Å². The first kappa shape index (κ1) is 14.0. The summed E-state index contributed by atoms with van der Waals surface area (Å²) in [6, 6.07) is 14.8. The van der Waals surface area contributed by atoms with Crippen LogP contribution in [0.2, 0.25) is 0 Å². The highest BCUT2D eigenvalue weighted by Gasteiger charge is 2.03. The Bertz CT molecular complexity index is 840. The van der Waals surface area contributed by atoms with Crippen molar-refractivity contribution in [1.82, 2.24) is 10.2 Å². The van der Waals surface area contributed by atoms with Crippen molar-refractivity contribution in [1.29, 1.82) is 0 Å². The molecule has 0 atom stereocenters. The SMILES string of the molecule is Cc1cc(-c2ccc(Oc3ccc(F)cc3)cc2)n[nH]c1=O. The molecule has 0 unspecified atom stereocenters. The molecule has 3 aromatic rings. The highest BCUT2D eigenvalue weighted by Crippen LogP contribution is 2.24. The van der Waals surface area contributed by atoms with Crippen molar-refractivity contribution >= 4 is 0 Å². The molecular formula is C17H13FN2O2. The predicted molar refractivity (Wildman–Crippen MR) is 81.5 cm³/mol. The van der Waals surface area contributed by atoms with Crippen LogP contribution in [0.4, 0.5) is 4.39 Å². The zero-order valence-corrected chi connectivity index (χ0v) is 11.8. The second kappa shape index (κ2) is 5.81. The third kappa shape index (κ3) is 3.03. The molecule has 0 spiro atoms. The lowest BCUT2D eigenvalue weighted by atomic mass is 10.1. The van der Waals surface area contributed by atoms with E-state index in [1.807, 2.05) is 12.1 Å². The molecule has 3 rings (SSSR count). The number of halogens is 1. The van der Waals surface area contributed by atoms with Crippen molar-refractivity contribution < 1.29 is 9.13 Å². The smallest absolute Gasteiger partial charge is 0.267 e. The highest BCUT2D eigenvalue weighted by atomic mass is 19.1.